The number of amides is 1. The van der Waals surface area contributed by atoms with Crippen LogP contribution in [0.4, 0.5) is 11.8 Å². The Morgan fingerprint density at radius 1 is 1.16 bits per heavy atom. The lowest BCUT2D eigenvalue weighted by Crippen LogP contribution is -2.43. The molecule has 0 radical (unpaired) electrons. The second-order valence-electron chi connectivity index (χ2n) is 11.3. The Morgan fingerprint density at radius 3 is 2.61 bits per heavy atom. The van der Waals surface area contributed by atoms with Crippen molar-refractivity contribution in [3.05, 3.63) is 23.7 Å². The van der Waals surface area contributed by atoms with Gasteiger partial charge < -0.3 is 25.7 Å². The van der Waals surface area contributed by atoms with Gasteiger partial charge in [0.2, 0.25) is 11.9 Å². The zero-order chi connectivity index (χ0) is 26.7. The number of aliphatic hydroxyl groups is 2. The normalized spacial score (nSPS) is 25.9. The van der Waals surface area contributed by atoms with Gasteiger partial charge in [0, 0.05) is 32.3 Å². The van der Waals surface area contributed by atoms with Crippen molar-refractivity contribution in [1.82, 2.24) is 24.8 Å². The van der Waals surface area contributed by atoms with Gasteiger partial charge in [-0.15, -0.1) is 11.3 Å². The second kappa shape index (κ2) is 9.69. The molecule has 0 unspecified atom stereocenters. The van der Waals surface area contributed by atoms with E-state index in [1.54, 1.807) is 25.4 Å². The van der Waals surface area contributed by atoms with Crippen LogP contribution in [0.3, 0.4) is 0 Å². The third-order valence-corrected chi connectivity index (χ3v) is 9.08. The summed E-state index contributed by atoms with van der Waals surface area (Å²) in [5.74, 6) is 1.33. The average Bonchev–Trinajstić information content (AvgIpc) is 3.80. The summed E-state index contributed by atoms with van der Waals surface area (Å²) in [6.07, 6.45) is 4.56. The summed E-state index contributed by atoms with van der Waals surface area (Å²) in [6, 6.07) is 1.52. The van der Waals surface area contributed by atoms with E-state index < -0.39 is 24.2 Å². The number of pyridine rings is 1. The van der Waals surface area contributed by atoms with Crippen molar-refractivity contribution in [2.24, 2.45) is 11.8 Å². The molecule has 3 fully saturated rings. The fraction of sp³-hybridized carbons (Fsp3) is 0.593. The molecule has 0 aliphatic heterocycles. The fourth-order valence-corrected chi connectivity index (χ4v) is 6.57. The van der Waals surface area contributed by atoms with Gasteiger partial charge in [-0.25, -0.2) is 9.97 Å². The van der Waals surface area contributed by atoms with E-state index in [2.05, 4.69) is 22.5 Å². The van der Waals surface area contributed by atoms with Gasteiger partial charge >= 0.3 is 0 Å². The van der Waals surface area contributed by atoms with Gasteiger partial charge in [0.25, 0.3) is 0 Å². The Bertz CT molecular complexity index is 1370. The Labute approximate surface area is 225 Å². The number of rotatable bonds is 8. The largest absolute Gasteiger partial charge is 0.390 e. The van der Waals surface area contributed by atoms with Gasteiger partial charge in [0.05, 0.1) is 39.7 Å². The first-order valence-corrected chi connectivity index (χ1v) is 14.3. The molecule has 38 heavy (non-hydrogen) atoms. The van der Waals surface area contributed by atoms with Gasteiger partial charge in [0.1, 0.15) is 22.4 Å². The Morgan fingerprint density at radius 2 is 1.92 bits per heavy atom. The standard InChI is InChI=1S/C27H35N7O3S/c1-12(14-5-6-14)29-27-30-13(2)19(25-32-22-18(38-25)9-10-28-20(22)15-7-8-15)24(33-27)31-21-16(26(37)34(3)4)11-17(35)23(21)36/h9-10,12,14-17,21,23,35-36H,5-8,11H2,1-4H3,(H2,29,30,31,33)/t12-,16-,17-,21-,23-/m1/s1. The molecule has 11 heteroatoms. The van der Waals surface area contributed by atoms with Crippen molar-refractivity contribution in [3.8, 4) is 10.6 Å². The van der Waals surface area contributed by atoms with E-state index in [4.69, 9.17) is 15.0 Å². The quantitative estimate of drug-likeness (QED) is 0.342. The van der Waals surface area contributed by atoms with Crippen molar-refractivity contribution in [3.63, 3.8) is 0 Å². The minimum absolute atomic E-state index is 0.147. The number of fused-ring (bicyclic) bond motifs is 1. The highest BCUT2D eigenvalue weighted by atomic mass is 32.1. The monoisotopic (exact) mass is 537 g/mol. The molecule has 3 aliphatic rings. The number of nitrogens with one attached hydrogen (secondary N) is 2. The summed E-state index contributed by atoms with van der Waals surface area (Å²) in [6.45, 7) is 4.07. The van der Waals surface area contributed by atoms with E-state index in [1.807, 2.05) is 19.2 Å². The van der Waals surface area contributed by atoms with E-state index >= 15 is 0 Å². The van der Waals surface area contributed by atoms with E-state index in [-0.39, 0.29) is 18.4 Å². The van der Waals surface area contributed by atoms with Crippen molar-refractivity contribution >= 4 is 39.2 Å². The lowest BCUT2D eigenvalue weighted by atomic mass is 10.0. The molecule has 3 heterocycles. The maximum absolute atomic E-state index is 13.0. The van der Waals surface area contributed by atoms with Crippen LogP contribution in [-0.2, 0) is 4.79 Å². The SMILES string of the molecule is Cc1nc(N[C@H](C)C2CC2)nc(N[C@H]2[C@H](O)[C@H](O)C[C@H]2C(=O)N(C)C)c1-c1nc2c(C3CC3)nccc2s1. The number of nitrogens with zero attached hydrogens (tertiary/aromatic N) is 5. The van der Waals surface area contributed by atoms with Crippen LogP contribution in [0.1, 0.15) is 56.3 Å². The first-order chi connectivity index (χ1) is 18.2. The molecule has 3 aromatic heterocycles. The fourth-order valence-electron chi connectivity index (χ4n) is 5.51. The van der Waals surface area contributed by atoms with Crippen LogP contribution >= 0.6 is 11.3 Å². The molecule has 6 rings (SSSR count). The first kappa shape index (κ1) is 25.4. The van der Waals surface area contributed by atoms with Crippen LogP contribution in [0, 0.1) is 18.8 Å². The summed E-state index contributed by atoms with van der Waals surface area (Å²) in [5.41, 5.74) is 3.45. The number of aliphatic hydroxyl groups excluding tert-OH is 2. The summed E-state index contributed by atoms with van der Waals surface area (Å²) in [5, 5.41) is 29.0. The molecule has 0 spiro atoms. The van der Waals surface area contributed by atoms with Gasteiger partial charge in [-0.05, 0) is 57.9 Å². The first-order valence-electron chi connectivity index (χ1n) is 13.5. The van der Waals surface area contributed by atoms with Crippen LogP contribution in [0.25, 0.3) is 20.8 Å². The van der Waals surface area contributed by atoms with Crippen molar-refractivity contribution in [2.75, 3.05) is 24.7 Å². The van der Waals surface area contributed by atoms with Crippen LogP contribution in [-0.4, -0.2) is 79.3 Å². The van der Waals surface area contributed by atoms with Gasteiger partial charge in [-0.2, -0.15) is 4.98 Å². The average molecular weight is 538 g/mol. The molecule has 0 aromatic carbocycles. The Hall–Kier alpha value is -2.89. The summed E-state index contributed by atoms with van der Waals surface area (Å²) in [7, 11) is 3.37. The van der Waals surface area contributed by atoms with Crippen molar-refractivity contribution in [1.29, 1.82) is 0 Å². The molecule has 202 valence electrons. The highest BCUT2D eigenvalue weighted by Gasteiger charge is 2.46. The number of carbonyl (C=O) groups excluding carboxylic acids is 1. The van der Waals surface area contributed by atoms with Crippen molar-refractivity contribution < 1.29 is 15.0 Å². The van der Waals surface area contributed by atoms with E-state index in [1.165, 1.54) is 17.7 Å². The van der Waals surface area contributed by atoms with Gasteiger partial charge in [-0.3, -0.25) is 9.78 Å². The molecule has 3 aromatic rings. The van der Waals surface area contributed by atoms with Crippen LogP contribution in [0.5, 0.6) is 0 Å². The predicted octanol–water partition coefficient (Wildman–Crippen LogP) is 3.15. The topological polar surface area (TPSA) is 136 Å². The third kappa shape index (κ3) is 4.71. The molecule has 5 atom stereocenters. The molecular formula is C27H35N7O3S. The highest BCUT2D eigenvalue weighted by molar-refractivity contribution is 7.21. The smallest absolute Gasteiger partial charge is 0.227 e. The lowest BCUT2D eigenvalue weighted by Gasteiger charge is -2.27. The zero-order valence-corrected chi connectivity index (χ0v) is 23.0. The third-order valence-electron chi connectivity index (χ3n) is 8.04. The summed E-state index contributed by atoms with van der Waals surface area (Å²) < 4.78 is 1.06. The molecule has 3 saturated carbocycles. The number of aromatic nitrogens is 4. The van der Waals surface area contributed by atoms with Gasteiger partial charge in [-0.1, -0.05) is 0 Å². The minimum Gasteiger partial charge on any atom is -0.390 e. The predicted molar refractivity (Wildman–Crippen MR) is 147 cm³/mol. The summed E-state index contributed by atoms with van der Waals surface area (Å²) in [4.78, 5) is 33.8. The summed E-state index contributed by atoms with van der Waals surface area (Å²) >= 11 is 1.57. The molecule has 0 bridgehead atoms. The lowest BCUT2D eigenvalue weighted by molar-refractivity contribution is -0.133. The van der Waals surface area contributed by atoms with E-state index in [0.29, 0.717) is 23.6 Å². The number of hydrogen-bond acceptors (Lipinski definition) is 10. The Balaban J connectivity index is 1.43. The van der Waals surface area contributed by atoms with Crippen molar-refractivity contribution in [2.45, 2.75) is 76.2 Å². The maximum atomic E-state index is 13.0. The number of thiazole rings is 1. The van der Waals surface area contributed by atoms with Crippen LogP contribution in [0.2, 0.25) is 0 Å². The highest BCUT2D eigenvalue weighted by Crippen LogP contribution is 2.45. The van der Waals surface area contributed by atoms with Crippen LogP contribution < -0.4 is 10.6 Å². The molecular weight excluding hydrogens is 502 g/mol. The zero-order valence-electron chi connectivity index (χ0n) is 22.2. The van der Waals surface area contributed by atoms with Crippen LogP contribution in [0.15, 0.2) is 12.3 Å². The number of aryl methyl sites for hydroxylation is 1. The second-order valence-corrected chi connectivity index (χ2v) is 12.3. The molecule has 4 N–H and O–H groups in total. The Kier molecular flexibility index (Phi) is 6.48. The molecule has 10 nitrogen and oxygen atoms in total. The molecule has 0 saturated heterocycles. The maximum Gasteiger partial charge on any atom is 0.227 e. The van der Waals surface area contributed by atoms with E-state index in [0.717, 1.165) is 45.0 Å². The number of carbonyl (C=O) groups is 1. The molecule has 3 aliphatic carbocycles. The molecule has 1 amide bonds. The van der Waals surface area contributed by atoms with Gasteiger partial charge in [0.15, 0.2) is 0 Å². The van der Waals surface area contributed by atoms with E-state index in [9.17, 15) is 15.0 Å². The minimum atomic E-state index is -1.12. The number of hydrogen-bond donors (Lipinski definition) is 4. The number of anilines is 2.